The number of rotatable bonds is 5. The van der Waals surface area contributed by atoms with Crippen molar-refractivity contribution in [2.24, 2.45) is 0 Å². The zero-order chi connectivity index (χ0) is 18.6. The molecule has 0 saturated carbocycles. The summed E-state index contributed by atoms with van der Waals surface area (Å²) >= 11 is 1.69. The van der Waals surface area contributed by atoms with Crippen molar-refractivity contribution in [3.63, 3.8) is 0 Å². The third-order valence-electron chi connectivity index (χ3n) is 4.76. The minimum Gasteiger partial charge on any atom is -0.379 e. The van der Waals surface area contributed by atoms with E-state index in [4.69, 9.17) is 4.74 Å². The SMILES string of the molecule is O=C(NCC(c1cccs1)N1CCOCC1)c1cncc2c(=O)[nH]ccc12. The Kier molecular flexibility index (Phi) is 5.28. The van der Waals surface area contributed by atoms with Crippen LogP contribution in [0, 0.1) is 0 Å². The molecule has 2 N–H and O–H groups in total. The number of hydrogen-bond donors (Lipinski definition) is 2. The van der Waals surface area contributed by atoms with Crippen molar-refractivity contribution in [2.45, 2.75) is 6.04 Å². The minimum atomic E-state index is -0.251. The Bertz CT molecular complexity index is 980. The number of amides is 1. The third-order valence-corrected chi connectivity index (χ3v) is 5.73. The number of ether oxygens (including phenoxy) is 1. The predicted octanol–water partition coefficient (Wildman–Crippen LogP) is 1.79. The van der Waals surface area contributed by atoms with Crippen LogP contribution in [0.4, 0.5) is 0 Å². The number of pyridine rings is 2. The molecule has 1 aliphatic heterocycles. The Hall–Kier alpha value is -2.55. The molecule has 0 spiro atoms. The minimum absolute atomic E-state index is 0.101. The Labute approximate surface area is 160 Å². The Morgan fingerprint density at radius 1 is 1.30 bits per heavy atom. The van der Waals surface area contributed by atoms with Crippen LogP contribution < -0.4 is 10.9 Å². The zero-order valence-corrected chi connectivity index (χ0v) is 15.5. The molecule has 27 heavy (non-hydrogen) atoms. The number of aromatic nitrogens is 2. The summed E-state index contributed by atoms with van der Waals surface area (Å²) in [5.74, 6) is -0.228. The maximum atomic E-state index is 12.8. The molecule has 4 rings (SSSR count). The van der Waals surface area contributed by atoms with E-state index in [-0.39, 0.29) is 17.5 Å². The van der Waals surface area contributed by atoms with Crippen LogP contribution in [-0.4, -0.2) is 53.6 Å². The fourth-order valence-corrected chi connectivity index (χ4v) is 4.22. The molecule has 1 fully saturated rings. The van der Waals surface area contributed by atoms with Gasteiger partial charge in [-0.25, -0.2) is 0 Å². The first-order valence-corrected chi connectivity index (χ1v) is 9.71. The number of thiophene rings is 1. The first-order chi connectivity index (χ1) is 13.2. The van der Waals surface area contributed by atoms with Crippen molar-refractivity contribution in [3.05, 3.63) is 63.0 Å². The van der Waals surface area contributed by atoms with Crippen LogP contribution in [0.2, 0.25) is 0 Å². The van der Waals surface area contributed by atoms with Gasteiger partial charge >= 0.3 is 0 Å². The fraction of sp³-hybridized carbons (Fsp3) is 0.316. The Balaban J connectivity index is 1.55. The highest BCUT2D eigenvalue weighted by Crippen LogP contribution is 2.25. The molecule has 8 heteroatoms. The number of carbonyl (C=O) groups excluding carboxylic acids is 1. The van der Waals surface area contributed by atoms with E-state index in [0.717, 1.165) is 13.1 Å². The fourth-order valence-electron chi connectivity index (χ4n) is 3.35. The second kappa shape index (κ2) is 7.99. The van der Waals surface area contributed by atoms with Crippen molar-refractivity contribution < 1.29 is 9.53 Å². The number of nitrogens with one attached hydrogen (secondary N) is 2. The summed E-state index contributed by atoms with van der Waals surface area (Å²) in [5, 5.41) is 6.09. The van der Waals surface area contributed by atoms with Gasteiger partial charge in [-0.05, 0) is 17.5 Å². The van der Waals surface area contributed by atoms with Gasteiger partial charge in [0.15, 0.2) is 0 Å². The molecule has 0 aliphatic carbocycles. The van der Waals surface area contributed by atoms with Gasteiger partial charge in [-0.2, -0.15) is 0 Å². The summed E-state index contributed by atoms with van der Waals surface area (Å²) < 4.78 is 5.46. The van der Waals surface area contributed by atoms with Crippen LogP contribution in [-0.2, 0) is 4.74 Å². The first kappa shape index (κ1) is 17.8. The second-order valence-electron chi connectivity index (χ2n) is 6.34. The summed E-state index contributed by atoms with van der Waals surface area (Å²) in [4.78, 5) is 35.0. The Morgan fingerprint density at radius 3 is 2.93 bits per heavy atom. The zero-order valence-electron chi connectivity index (χ0n) is 14.7. The number of carbonyl (C=O) groups is 1. The van der Waals surface area contributed by atoms with E-state index in [1.807, 2.05) is 11.4 Å². The number of fused-ring (bicyclic) bond motifs is 1. The molecule has 1 atom stereocenters. The van der Waals surface area contributed by atoms with E-state index in [1.165, 1.54) is 17.3 Å². The number of aromatic amines is 1. The lowest BCUT2D eigenvalue weighted by Crippen LogP contribution is -2.43. The van der Waals surface area contributed by atoms with Crippen LogP contribution in [0.1, 0.15) is 21.3 Å². The molecule has 3 aromatic heterocycles. The first-order valence-electron chi connectivity index (χ1n) is 8.83. The average Bonchev–Trinajstić information content (AvgIpc) is 3.23. The van der Waals surface area contributed by atoms with E-state index in [2.05, 4.69) is 26.3 Å². The van der Waals surface area contributed by atoms with E-state index in [9.17, 15) is 9.59 Å². The van der Waals surface area contributed by atoms with E-state index >= 15 is 0 Å². The molecule has 4 heterocycles. The van der Waals surface area contributed by atoms with E-state index in [0.29, 0.717) is 36.1 Å². The molecular weight excluding hydrogens is 364 g/mol. The lowest BCUT2D eigenvalue weighted by Gasteiger charge is -2.34. The topological polar surface area (TPSA) is 87.3 Å². The van der Waals surface area contributed by atoms with Crippen molar-refractivity contribution >= 4 is 28.0 Å². The van der Waals surface area contributed by atoms with Crippen LogP contribution in [0.25, 0.3) is 10.8 Å². The number of hydrogen-bond acceptors (Lipinski definition) is 6. The van der Waals surface area contributed by atoms with Crippen molar-refractivity contribution in [1.82, 2.24) is 20.2 Å². The van der Waals surface area contributed by atoms with Gasteiger partial charge in [-0.3, -0.25) is 19.5 Å². The standard InChI is InChI=1S/C19H20N4O3S/c24-18-14-10-20-11-15(13(14)3-4-21-18)19(25)22-12-16(17-2-1-9-27-17)23-5-7-26-8-6-23/h1-4,9-11,16H,5-8,12H2,(H,21,24)(H,22,25). The lowest BCUT2D eigenvalue weighted by molar-refractivity contribution is 0.0169. The molecule has 0 aromatic carbocycles. The molecule has 140 valence electrons. The summed E-state index contributed by atoms with van der Waals surface area (Å²) in [6.45, 7) is 3.56. The summed E-state index contributed by atoms with van der Waals surface area (Å²) in [6, 6.07) is 5.95. The quantitative estimate of drug-likeness (QED) is 0.700. The second-order valence-corrected chi connectivity index (χ2v) is 7.32. The van der Waals surface area contributed by atoms with Crippen molar-refractivity contribution in [3.8, 4) is 0 Å². The van der Waals surface area contributed by atoms with Crippen LogP contribution in [0.15, 0.2) is 47.0 Å². The number of H-pyrrole nitrogens is 1. The number of nitrogens with zero attached hydrogens (tertiary/aromatic N) is 2. The molecule has 1 aliphatic rings. The van der Waals surface area contributed by atoms with Crippen LogP contribution in [0.5, 0.6) is 0 Å². The highest BCUT2D eigenvalue weighted by Gasteiger charge is 2.24. The van der Waals surface area contributed by atoms with Crippen molar-refractivity contribution in [1.29, 1.82) is 0 Å². The normalized spacial score (nSPS) is 16.3. The Morgan fingerprint density at radius 2 is 2.15 bits per heavy atom. The lowest BCUT2D eigenvalue weighted by atomic mass is 10.1. The third kappa shape index (κ3) is 3.78. The molecule has 0 radical (unpaired) electrons. The molecule has 1 saturated heterocycles. The van der Waals surface area contributed by atoms with Gasteiger partial charge in [0.2, 0.25) is 0 Å². The van der Waals surface area contributed by atoms with Gasteiger partial charge < -0.3 is 15.0 Å². The van der Waals surface area contributed by atoms with Gasteiger partial charge in [-0.15, -0.1) is 11.3 Å². The highest BCUT2D eigenvalue weighted by atomic mass is 32.1. The van der Waals surface area contributed by atoms with Gasteiger partial charge in [-0.1, -0.05) is 6.07 Å². The van der Waals surface area contributed by atoms with Gasteiger partial charge in [0.1, 0.15) is 0 Å². The maximum Gasteiger partial charge on any atom is 0.257 e. The molecule has 3 aromatic rings. The highest BCUT2D eigenvalue weighted by molar-refractivity contribution is 7.10. The molecule has 0 bridgehead atoms. The van der Waals surface area contributed by atoms with Crippen molar-refractivity contribution in [2.75, 3.05) is 32.8 Å². The monoisotopic (exact) mass is 384 g/mol. The predicted molar refractivity (Wildman–Crippen MR) is 104 cm³/mol. The molecule has 1 unspecified atom stereocenters. The van der Waals surface area contributed by atoms with Crippen LogP contribution in [0.3, 0.4) is 0 Å². The largest absolute Gasteiger partial charge is 0.379 e. The van der Waals surface area contributed by atoms with Gasteiger partial charge in [0, 0.05) is 48.5 Å². The smallest absolute Gasteiger partial charge is 0.257 e. The van der Waals surface area contributed by atoms with Crippen LogP contribution >= 0.6 is 11.3 Å². The van der Waals surface area contributed by atoms with Gasteiger partial charge in [0.05, 0.1) is 30.2 Å². The molecule has 7 nitrogen and oxygen atoms in total. The van der Waals surface area contributed by atoms with E-state index in [1.54, 1.807) is 23.6 Å². The molecule has 1 amide bonds. The summed E-state index contributed by atoms with van der Waals surface area (Å²) in [7, 11) is 0. The summed E-state index contributed by atoms with van der Waals surface area (Å²) in [5.41, 5.74) is 0.157. The maximum absolute atomic E-state index is 12.8. The average molecular weight is 384 g/mol. The molecular formula is C19H20N4O3S. The summed E-state index contributed by atoms with van der Waals surface area (Å²) in [6.07, 6.45) is 4.53. The van der Waals surface area contributed by atoms with E-state index < -0.39 is 0 Å². The number of morpholine rings is 1. The van der Waals surface area contributed by atoms with Gasteiger partial charge in [0.25, 0.3) is 11.5 Å².